The monoisotopic (exact) mass is 327 g/mol. The van der Waals surface area contributed by atoms with Crippen LogP contribution >= 0.6 is 22.9 Å². The van der Waals surface area contributed by atoms with Crippen LogP contribution in [0.1, 0.15) is 27.1 Å². The van der Waals surface area contributed by atoms with E-state index in [0.717, 1.165) is 23.7 Å². The van der Waals surface area contributed by atoms with Gasteiger partial charge in [-0.2, -0.15) is 5.10 Å². The highest BCUT2D eigenvalue weighted by Gasteiger charge is 2.23. The third kappa shape index (κ3) is 3.64. The summed E-state index contributed by atoms with van der Waals surface area (Å²) >= 11 is 8.08. The van der Waals surface area contributed by atoms with Gasteiger partial charge in [0, 0.05) is 16.3 Å². The maximum atomic E-state index is 6.34. The average Bonchev–Trinajstić information content (AvgIpc) is 2.94. The Morgan fingerprint density at radius 1 is 1.48 bits per heavy atom. The van der Waals surface area contributed by atoms with E-state index in [-0.39, 0.29) is 6.04 Å². The Kier molecular flexibility index (Phi) is 5.40. The maximum absolute atomic E-state index is 6.34. The van der Waals surface area contributed by atoms with Crippen LogP contribution in [0.4, 0.5) is 0 Å². The third-order valence-electron chi connectivity index (χ3n) is 3.50. The van der Waals surface area contributed by atoms with Crippen molar-refractivity contribution in [1.82, 2.24) is 20.1 Å². The molecule has 0 aliphatic carbocycles. The Morgan fingerprint density at radius 2 is 2.19 bits per heavy atom. The Morgan fingerprint density at radius 3 is 2.71 bits per heavy atom. The summed E-state index contributed by atoms with van der Waals surface area (Å²) in [5.41, 5.74) is 5.07. The minimum atomic E-state index is -0.139. The Hall–Kier alpha value is -0.920. The van der Waals surface area contributed by atoms with Crippen molar-refractivity contribution in [1.29, 1.82) is 0 Å². The fourth-order valence-electron chi connectivity index (χ4n) is 2.17. The number of halogens is 1. The van der Waals surface area contributed by atoms with Gasteiger partial charge in [0.05, 0.1) is 29.5 Å². The van der Waals surface area contributed by atoms with Crippen LogP contribution in [0.15, 0.2) is 12.3 Å². The third-order valence-corrected chi connectivity index (χ3v) is 5.01. The molecule has 116 valence electrons. The van der Waals surface area contributed by atoms with Crippen LogP contribution in [0.5, 0.6) is 0 Å². The lowest BCUT2D eigenvalue weighted by atomic mass is 10.1. The van der Waals surface area contributed by atoms with Crippen LogP contribution in [-0.2, 0) is 6.54 Å². The molecule has 5 nitrogen and oxygen atoms in total. The Labute approximate surface area is 134 Å². The Balaban J connectivity index is 2.35. The summed E-state index contributed by atoms with van der Waals surface area (Å²) in [5, 5.41) is 5.02. The molecule has 0 spiro atoms. The fourth-order valence-corrected chi connectivity index (χ4v) is 3.53. The second kappa shape index (κ2) is 6.89. The molecule has 0 aliphatic heterocycles. The molecule has 21 heavy (non-hydrogen) atoms. The number of hydrogen-bond donors (Lipinski definition) is 2. The van der Waals surface area contributed by atoms with Gasteiger partial charge >= 0.3 is 0 Å². The van der Waals surface area contributed by atoms with E-state index in [1.54, 1.807) is 17.5 Å². The van der Waals surface area contributed by atoms with Crippen LogP contribution in [-0.4, -0.2) is 35.3 Å². The minimum Gasteiger partial charge on any atom is -0.308 e. The van der Waals surface area contributed by atoms with Gasteiger partial charge < -0.3 is 4.90 Å². The largest absolute Gasteiger partial charge is 0.308 e. The van der Waals surface area contributed by atoms with Gasteiger partial charge in [-0.3, -0.25) is 10.5 Å². The topological polar surface area (TPSA) is 59.1 Å². The van der Waals surface area contributed by atoms with E-state index < -0.39 is 0 Å². The van der Waals surface area contributed by atoms with Gasteiger partial charge in [-0.05, 0) is 39.6 Å². The molecular formula is C14H22ClN5S. The van der Waals surface area contributed by atoms with Crippen LogP contribution in [0, 0.1) is 13.8 Å². The van der Waals surface area contributed by atoms with Crippen LogP contribution in [0.3, 0.4) is 0 Å². The second-order valence-corrected chi connectivity index (χ2v) is 7.09. The van der Waals surface area contributed by atoms with Crippen molar-refractivity contribution in [3.63, 3.8) is 0 Å². The molecule has 0 aromatic carbocycles. The van der Waals surface area contributed by atoms with Gasteiger partial charge in [0.25, 0.3) is 0 Å². The van der Waals surface area contributed by atoms with Crippen molar-refractivity contribution in [3.05, 3.63) is 38.3 Å². The normalized spacial score (nSPS) is 13.1. The molecule has 1 unspecified atom stereocenters. The van der Waals surface area contributed by atoms with E-state index in [0.29, 0.717) is 5.02 Å². The van der Waals surface area contributed by atoms with Gasteiger partial charge in [-0.15, -0.1) is 11.3 Å². The molecule has 2 rings (SSSR count). The number of likely N-dealkylation sites (N-methyl/N-ethyl adjacent to an activating group) is 1. The van der Waals surface area contributed by atoms with Gasteiger partial charge in [0.15, 0.2) is 0 Å². The number of nitrogens with one attached hydrogen (secondary N) is 1. The van der Waals surface area contributed by atoms with Crippen molar-refractivity contribution in [2.24, 2.45) is 5.84 Å². The minimum absolute atomic E-state index is 0.139. The number of hydrogen-bond acceptors (Lipinski definition) is 5. The standard InChI is InChI=1S/C14H22ClN5S/c1-9-7-12(21-10(9)2)13(18-16)14-11(15)8-17-20(14)6-5-19(3)4/h7-8,13,18H,5-6,16H2,1-4H3. The number of nitrogens with zero attached hydrogens (tertiary/aromatic N) is 3. The zero-order chi connectivity index (χ0) is 15.6. The number of aryl methyl sites for hydroxylation is 2. The van der Waals surface area contributed by atoms with Crippen molar-refractivity contribution in [2.45, 2.75) is 26.4 Å². The first-order chi connectivity index (χ1) is 9.93. The van der Waals surface area contributed by atoms with Crippen LogP contribution < -0.4 is 11.3 Å². The number of hydrazine groups is 1. The quantitative estimate of drug-likeness (QED) is 0.631. The molecule has 0 radical (unpaired) electrons. The molecule has 0 aliphatic rings. The average molecular weight is 328 g/mol. The SMILES string of the molecule is Cc1cc(C(NN)c2c(Cl)cnn2CCN(C)C)sc1C. The first-order valence-electron chi connectivity index (χ1n) is 6.83. The number of thiophene rings is 1. The van der Waals surface area contributed by atoms with Crippen molar-refractivity contribution in [3.8, 4) is 0 Å². The lowest BCUT2D eigenvalue weighted by Gasteiger charge is -2.18. The fraction of sp³-hybridized carbons (Fsp3) is 0.500. The molecule has 0 bridgehead atoms. The highest BCUT2D eigenvalue weighted by atomic mass is 35.5. The van der Waals surface area contributed by atoms with E-state index in [2.05, 4.69) is 35.3 Å². The predicted molar refractivity (Wildman–Crippen MR) is 88.8 cm³/mol. The molecule has 7 heteroatoms. The summed E-state index contributed by atoms with van der Waals surface area (Å²) in [6.07, 6.45) is 1.68. The molecule has 3 N–H and O–H groups in total. The molecule has 2 aromatic heterocycles. The van der Waals surface area contributed by atoms with E-state index in [1.165, 1.54) is 10.4 Å². The van der Waals surface area contributed by atoms with Crippen molar-refractivity contribution >= 4 is 22.9 Å². The summed E-state index contributed by atoms with van der Waals surface area (Å²) in [6.45, 7) is 5.89. The highest BCUT2D eigenvalue weighted by Crippen LogP contribution is 2.33. The lowest BCUT2D eigenvalue weighted by Crippen LogP contribution is -2.31. The molecule has 2 heterocycles. The van der Waals surface area contributed by atoms with Gasteiger partial charge in [0.2, 0.25) is 0 Å². The molecule has 2 aromatic rings. The molecule has 1 atom stereocenters. The molecule has 0 saturated heterocycles. The smallest absolute Gasteiger partial charge is 0.0985 e. The number of rotatable bonds is 6. The summed E-state index contributed by atoms with van der Waals surface area (Å²) in [7, 11) is 4.07. The zero-order valence-electron chi connectivity index (χ0n) is 12.9. The molecule has 0 saturated carbocycles. The van der Waals surface area contributed by atoms with Gasteiger partial charge in [-0.25, -0.2) is 5.43 Å². The van der Waals surface area contributed by atoms with E-state index in [1.807, 2.05) is 18.8 Å². The number of aromatic nitrogens is 2. The second-order valence-electron chi connectivity index (χ2n) is 5.39. The van der Waals surface area contributed by atoms with Crippen LogP contribution in [0.2, 0.25) is 5.02 Å². The van der Waals surface area contributed by atoms with E-state index in [9.17, 15) is 0 Å². The predicted octanol–water partition coefficient (Wildman–Crippen LogP) is 2.33. The van der Waals surface area contributed by atoms with Crippen molar-refractivity contribution in [2.75, 3.05) is 20.6 Å². The first kappa shape index (κ1) is 16.5. The summed E-state index contributed by atoms with van der Waals surface area (Å²) in [4.78, 5) is 4.56. The van der Waals surface area contributed by atoms with Crippen LogP contribution in [0.25, 0.3) is 0 Å². The highest BCUT2D eigenvalue weighted by molar-refractivity contribution is 7.12. The van der Waals surface area contributed by atoms with E-state index >= 15 is 0 Å². The molecule has 0 amide bonds. The summed E-state index contributed by atoms with van der Waals surface area (Å²) < 4.78 is 1.93. The maximum Gasteiger partial charge on any atom is 0.0985 e. The molecule has 0 fully saturated rings. The summed E-state index contributed by atoms with van der Waals surface area (Å²) in [5.74, 6) is 5.80. The van der Waals surface area contributed by atoms with Crippen molar-refractivity contribution < 1.29 is 0 Å². The summed E-state index contributed by atoms with van der Waals surface area (Å²) in [6, 6.07) is 2.02. The lowest BCUT2D eigenvalue weighted by molar-refractivity contribution is 0.366. The number of nitrogens with two attached hydrogens (primary N) is 1. The van der Waals surface area contributed by atoms with Gasteiger partial charge in [-0.1, -0.05) is 11.6 Å². The van der Waals surface area contributed by atoms with E-state index in [4.69, 9.17) is 17.4 Å². The molecular weight excluding hydrogens is 306 g/mol. The van der Waals surface area contributed by atoms with Gasteiger partial charge in [0.1, 0.15) is 0 Å². The first-order valence-corrected chi connectivity index (χ1v) is 8.02. The zero-order valence-corrected chi connectivity index (χ0v) is 14.4. The Bertz CT molecular complexity index is 585.